The lowest BCUT2D eigenvalue weighted by atomic mass is 9.91. The molecule has 4 nitrogen and oxygen atoms in total. The van der Waals surface area contributed by atoms with Crippen LogP contribution in [0.2, 0.25) is 0 Å². The quantitative estimate of drug-likeness (QED) is 0.168. The lowest BCUT2D eigenvalue weighted by molar-refractivity contribution is 0.670. The van der Waals surface area contributed by atoms with E-state index in [-0.39, 0.29) is 0 Å². The Morgan fingerprint density at radius 3 is 1.38 bits per heavy atom. The summed E-state index contributed by atoms with van der Waals surface area (Å²) in [4.78, 5) is 15.4. The van der Waals surface area contributed by atoms with Gasteiger partial charge < -0.3 is 4.42 Å². The van der Waals surface area contributed by atoms with Crippen LogP contribution in [0.5, 0.6) is 0 Å². The third-order valence-corrected chi connectivity index (χ3v) is 10.7. The van der Waals surface area contributed by atoms with Crippen molar-refractivity contribution in [2.45, 2.75) is 0 Å². The maximum absolute atomic E-state index is 6.78. The average molecular weight is 702 g/mol. The smallest absolute Gasteiger partial charge is 0.164 e. The first-order valence-corrected chi connectivity index (χ1v) is 18.5. The zero-order valence-electron chi connectivity index (χ0n) is 29.6. The highest BCUT2D eigenvalue weighted by molar-refractivity contribution is 6.26. The highest BCUT2D eigenvalue weighted by Gasteiger charge is 2.21. The Kier molecular flexibility index (Phi) is 7.14. The summed E-state index contributed by atoms with van der Waals surface area (Å²) >= 11 is 0. The second kappa shape index (κ2) is 12.6. The third kappa shape index (κ3) is 5.19. The predicted octanol–water partition coefficient (Wildman–Crippen LogP) is 13.6. The summed E-state index contributed by atoms with van der Waals surface area (Å²) in [6.07, 6.45) is 0. The largest absolute Gasteiger partial charge is 0.455 e. The number of hydrogen-bond donors (Lipinski definition) is 0. The summed E-state index contributed by atoms with van der Waals surface area (Å²) in [7, 11) is 0. The van der Waals surface area contributed by atoms with E-state index in [0.29, 0.717) is 17.5 Å². The molecule has 2 heterocycles. The van der Waals surface area contributed by atoms with Crippen molar-refractivity contribution in [3.05, 3.63) is 188 Å². The van der Waals surface area contributed by atoms with Gasteiger partial charge in [0.05, 0.1) is 0 Å². The molecule has 0 amide bonds. The van der Waals surface area contributed by atoms with Gasteiger partial charge in [0.15, 0.2) is 17.5 Å². The summed E-state index contributed by atoms with van der Waals surface area (Å²) in [5.41, 5.74) is 8.76. The van der Waals surface area contributed by atoms with Crippen molar-refractivity contribution >= 4 is 54.3 Å². The van der Waals surface area contributed by atoms with Crippen LogP contribution in [0.25, 0.3) is 111 Å². The van der Waals surface area contributed by atoms with Gasteiger partial charge in [-0.25, -0.2) is 15.0 Å². The molecule has 0 N–H and O–H groups in total. The first-order valence-electron chi connectivity index (χ1n) is 18.5. The average Bonchev–Trinajstić information content (AvgIpc) is 3.66. The Hall–Kier alpha value is -7.43. The van der Waals surface area contributed by atoms with E-state index < -0.39 is 0 Å². The van der Waals surface area contributed by atoms with Crippen LogP contribution >= 0.6 is 0 Å². The summed E-state index contributed by atoms with van der Waals surface area (Å²) in [5.74, 6) is 1.82. The fraction of sp³-hybridized carbons (Fsp3) is 0. The van der Waals surface area contributed by atoms with Crippen LogP contribution in [0.1, 0.15) is 0 Å². The van der Waals surface area contributed by atoms with Crippen molar-refractivity contribution < 1.29 is 4.42 Å². The van der Waals surface area contributed by atoms with Crippen LogP contribution in [0, 0.1) is 0 Å². The van der Waals surface area contributed by atoms with Crippen LogP contribution in [-0.2, 0) is 0 Å². The number of aromatic nitrogens is 3. The molecule has 9 aromatic carbocycles. The van der Waals surface area contributed by atoms with Gasteiger partial charge in [0, 0.05) is 33.0 Å². The Morgan fingerprint density at radius 1 is 0.291 bits per heavy atom. The number of furan rings is 1. The summed E-state index contributed by atoms with van der Waals surface area (Å²) in [6.45, 7) is 0. The van der Waals surface area contributed by atoms with E-state index in [0.717, 1.165) is 60.9 Å². The van der Waals surface area contributed by atoms with Gasteiger partial charge in [-0.2, -0.15) is 0 Å². The summed E-state index contributed by atoms with van der Waals surface area (Å²) in [6, 6.07) is 65.7. The van der Waals surface area contributed by atoms with Gasteiger partial charge in [0.2, 0.25) is 0 Å². The molecule has 0 aliphatic carbocycles. The van der Waals surface area contributed by atoms with Gasteiger partial charge in [-0.3, -0.25) is 0 Å². The second-order valence-corrected chi connectivity index (χ2v) is 13.9. The molecule has 11 rings (SSSR count). The molecule has 0 aliphatic heterocycles. The molecule has 0 radical (unpaired) electrons. The van der Waals surface area contributed by atoms with Crippen molar-refractivity contribution in [3.63, 3.8) is 0 Å². The number of fused-ring (bicyclic) bond motifs is 9. The van der Waals surface area contributed by atoms with Crippen LogP contribution in [0.3, 0.4) is 0 Å². The molecular formula is C51H31N3O. The van der Waals surface area contributed by atoms with Crippen LogP contribution in [-0.4, -0.2) is 15.0 Å². The van der Waals surface area contributed by atoms with Gasteiger partial charge in [-0.05, 0) is 73.3 Å². The minimum Gasteiger partial charge on any atom is -0.455 e. The van der Waals surface area contributed by atoms with E-state index in [2.05, 4.69) is 140 Å². The topological polar surface area (TPSA) is 51.8 Å². The lowest BCUT2D eigenvalue weighted by Crippen LogP contribution is -2.00. The molecule has 0 unspecified atom stereocenters. The van der Waals surface area contributed by atoms with E-state index >= 15 is 0 Å². The maximum Gasteiger partial charge on any atom is 0.164 e. The van der Waals surface area contributed by atoms with Gasteiger partial charge in [-0.1, -0.05) is 164 Å². The van der Waals surface area contributed by atoms with E-state index in [1.54, 1.807) is 0 Å². The normalized spacial score (nSPS) is 11.6. The summed E-state index contributed by atoms with van der Waals surface area (Å²) < 4.78 is 6.78. The molecule has 0 atom stereocenters. The van der Waals surface area contributed by atoms with Gasteiger partial charge in [0.1, 0.15) is 11.2 Å². The first kappa shape index (κ1) is 31.1. The fourth-order valence-electron chi connectivity index (χ4n) is 8.10. The van der Waals surface area contributed by atoms with Gasteiger partial charge in [-0.15, -0.1) is 0 Å². The second-order valence-electron chi connectivity index (χ2n) is 13.9. The third-order valence-electron chi connectivity index (χ3n) is 10.7. The molecule has 0 aliphatic rings. The molecule has 2 aromatic heterocycles. The molecule has 0 bridgehead atoms. The zero-order valence-corrected chi connectivity index (χ0v) is 29.6. The Labute approximate surface area is 317 Å². The van der Waals surface area contributed by atoms with Gasteiger partial charge >= 0.3 is 0 Å². The summed E-state index contributed by atoms with van der Waals surface area (Å²) in [5, 5.41) is 9.45. The molecule has 4 heteroatoms. The molecule has 11 aromatic rings. The number of benzene rings is 9. The van der Waals surface area contributed by atoms with Crippen molar-refractivity contribution in [2.75, 3.05) is 0 Å². The standard InChI is InChI=1S/C51H31N3O/c1-3-13-32(14-4-1)33-23-25-35(26-24-33)50-52-49(34-15-5-2-6-16-34)53-51(54-50)44-30-29-37(48-47(44)43-21-11-12-22-46(43)55-48)36-27-28-42-40-19-8-7-17-38(40)39-18-9-10-20-41(39)45(42)31-36/h1-31H. The zero-order chi connectivity index (χ0) is 36.3. The Balaban J connectivity index is 1.13. The highest BCUT2D eigenvalue weighted by atomic mass is 16.3. The van der Waals surface area contributed by atoms with Crippen molar-refractivity contribution in [1.82, 2.24) is 15.0 Å². The first-order chi connectivity index (χ1) is 27.3. The van der Waals surface area contributed by atoms with Crippen LogP contribution in [0.15, 0.2) is 192 Å². The fourth-order valence-corrected chi connectivity index (χ4v) is 8.10. The molecule has 0 saturated carbocycles. The number of rotatable bonds is 5. The molecule has 55 heavy (non-hydrogen) atoms. The van der Waals surface area contributed by atoms with E-state index in [1.807, 2.05) is 48.5 Å². The SMILES string of the molecule is c1ccc(-c2ccc(-c3nc(-c4ccccc4)nc(-c4ccc(-c5ccc6c7ccccc7c7ccccc7c6c5)c5oc6ccccc6c45)n3)cc2)cc1. The van der Waals surface area contributed by atoms with E-state index in [4.69, 9.17) is 19.4 Å². The number of hydrogen-bond acceptors (Lipinski definition) is 4. The molecular weight excluding hydrogens is 671 g/mol. The van der Waals surface area contributed by atoms with E-state index in [9.17, 15) is 0 Å². The predicted molar refractivity (Wildman–Crippen MR) is 227 cm³/mol. The Morgan fingerprint density at radius 2 is 0.727 bits per heavy atom. The number of para-hydroxylation sites is 1. The van der Waals surface area contributed by atoms with Crippen LogP contribution < -0.4 is 0 Å². The maximum atomic E-state index is 6.78. The van der Waals surface area contributed by atoms with Crippen molar-refractivity contribution in [2.24, 2.45) is 0 Å². The highest BCUT2D eigenvalue weighted by Crippen LogP contribution is 2.43. The van der Waals surface area contributed by atoms with Crippen molar-refractivity contribution in [3.8, 4) is 56.4 Å². The minimum absolute atomic E-state index is 0.593. The lowest BCUT2D eigenvalue weighted by Gasteiger charge is -2.13. The Bertz CT molecular complexity index is 3210. The molecule has 0 saturated heterocycles. The van der Waals surface area contributed by atoms with Crippen molar-refractivity contribution in [1.29, 1.82) is 0 Å². The van der Waals surface area contributed by atoms with E-state index in [1.165, 1.54) is 32.3 Å². The van der Waals surface area contributed by atoms with Crippen LogP contribution in [0.4, 0.5) is 0 Å². The molecule has 256 valence electrons. The molecule has 0 fully saturated rings. The van der Waals surface area contributed by atoms with Gasteiger partial charge in [0.25, 0.3) is 0 Å². The number of nitrogens with zero attached hydrogens (tertiary/aromatic N) is 3. The minimum atomic E-state index is 0.593. The molecule has 0 spiro atoms. The monoisotopic (exact) mass is 701 g/mol.